The van der Waals surface area contributed by atoms with Gasteiger partial charge in [0.05, 0.1) is 12.2 Å². The molecule has 0 unspecified atom stereocenters. The van der Waals surface area contributed by atoms with Crippen molar-refractivity contribution in [1.29, 1.82) is 0 Å². The summed E-state index contributed by atoms with van der Waals surface area (Å²) >= 11 is 0. The van der Waals surface area contributed by atoms with Crippen molar-refractivity contribution in [3.8, 4) is 5.75 Å². The van der Waals surface area contributed by atoms with Gasteiger partial charge in [0.15, 0.2) is 0 Å². The van der Waals surface area contributed by atoms with Crippen LogP contribution in [0.3, 0.4) is 0 Å². The Balaban J connectivity index is 1.82. The van der Waals surface area contributed by atoms with E-state index in [4.69, 9.17) is 0 Å². The average Bonchev–Trinajstić information content (AvgIpc) is 2.43. The number of phenolic OH excluding ortho intramolecular Hbond substituents is 1. The molecule has 0 spiro atoms. The van der Waals surface area contributed by atoms with Crippen molar-refractivity contribution in [3.05, 3.63) is 59.9 Å². The van der Waals surface area contributed by atoms with Crippen molar-refractivity contribution in [2.45, 2.75) is 6.54 Å². The number of carbonyl (C=O) groups excluding carboxylic acids is 1. The summed E-state index contributed by atoms with van der Waals surface area (Å²) in [5.41, 5.74) is 0.855. The summed E-state index contributed by atoms with van der Waals surface area (Å²) in [4.78, 5) is 11.6. The first-order chi connectivity index (χ1) is 9.66. The van der Waals surface area contributed by atoms with Crippen molar-refractivity contribution in [3.63, 3.8) is 0 Å². The number of halogens is 1. The maximum absolute atomic E-state index is 13.3. The minimum absolute atomic E-state index is 0.0304. The zero-order valence-electron chi connectivity index (χ0n) is 10.8. The van der Waals surface area contributed by atoms with Crippen LogP contribution in [0.2, 0.25) is 0 Å². The number of phenols is 1. The third-order valence-corrected chi connectivity index (χ3v) is 2.74. The SMILES string of the molecule is O=C(CNCc1ccccc1O)Nc1ccccc1F. The predicted octanol–water partition coefficient (Wildman–Crippen LogP) is 2.26. The van der Waals surface area contributed by atoms with Crippen LogP contribution in [0.25, 0.3) is 0 Å². The lowest BCUT2D eigenvalue weighted by Crippen LogP contribution is -2.28. The van der Waals surface area contributed by atoms with Gasteiger partial charge in [-0.25, -0.2) is 4.39 Å². The van der Waals surface area contributed by atoms with E-state index in [0.717, 1.165) is 0 Å². The third kappa shape index (κ3) is 3.80. The van der Waals surface area contributed by atoms with Crippen LogP contribution in [0.5, 0.6) is 5.75 Å². The van der Waals surface area contributed by atoms with E-state index >= 15 is 0 Å². The summed E-state index contributed by atoms with van der Waals surface area (Å²) < 4.78 is 13.3. The standard InChI is InChI=1S/C15H15FN2O2/c16-12-6-2-3-7-13(12)18-15(20)10-17-9-11-5-1-4-8-14(11)19/h1-8,17,19H,9-10H2,(H,18,20). The second kappa shape index (κ2) is 6.68. The summed E-state index contributed by atoms with van der Waals surface area (Å²) in [6, 6.07) is 12.9. The van der Waals surface area contributed by atoms with Crippen LogP contribution >= 0.6 is 0 Å². The van der Waals surface area contributed by atoms with Gasteiger partial charge in [-0.3, -0.25) is 4.79 Å². The molecule has 2 aromatic carbocycles. The van der Waals surface area contributed by atoms with Gasteiger partial charge in [0, 0.05) is 12.1 Å². The predicted molar refractivity (Wildman–Crippen MR) is 74.8 cm³/mol. The van der Waals surface area contributed by atoms with Gasteiger partial charge >= 0.3 is 0 Å². The first-order valence-electron chi connectivity index (χ1n) is 6.19. The fraction of sp³-hybridized carbons (Fsp3) is 0.133. The summed E-state index contributed by atoms with van der Waals surface area (Å²) in [5, 5.41) is 14.9. The quantitative estimate of drug-likeness (QED) is 0.783. The van der Waals surface area contributed by atoms with E-state index in [2.05, 4.69) is 10.6 Å². The molecule has 4 nitrogen and oxygen atoms in total. The van der Waals surface area contributed by atoms with Crippen molar-refractivity contribution in [1.82, 2.24) is 5.32 Å². The molecule has 0 aliphatic heterocycles. The monoisotopic (exact) mass is 274 g/mol. The Bertz CT molecular complexity index is 602. The number of carbonyl (C=O) groups is 1. The molecule has 2 rings (SSSR count). The summed E-state index contributed by atoms with van der Waals surface area (Å²) in [7, 11) is 0. The van der Waals surface area contributed by atoms with E-state index in [1.54, 1.807) is 36.4 Å². The Hall–Kier alpha value is -2.40. The second-order valence-electron chi connectivity index (χ2n) is 4.26. The highest BCUT2D eigenvalue weighted by Gasteiger charge is 2.06. The minimum Gasteiger partial charge on any atom is -0.508 e. The number of hydrogen-bond donors (Lipinski definition) is 3. The Morgan fingerprint density at radius 2 is 1.80 bits per heavy atom. The van der Waals surface area contributed by atoms with E-state index in [1.165, 1.54) is 12.1 Å². The van der Waals surface area contributed by atoms with Gasteiger partial charge in [0.1, 0.15) is 11.6 Å². The molecule has 2 aromatic rings. The van der Waals surface area contributed by atoms with E-state index < -0.39 is 5.82 Å². The van der Waals surface area contributed by atoms with Crippen LogP contribution < -0.4 is 10.6 Å². The van der Waals surface area contributed by atoms with Gasteiger partial charge in [0.2, 0.25) is 5.91 Å². The largest absolute Gasteiger partial charge is 0.508 e. The van der Waals surface area contributed by atoms with Gasteiger partial charge in [0.25, 0.3) is 0 Å². The summed E-state index contributed by atoms with van der Waals surface area (Å²) in [5.74, 6) is -0.637. The Labute approximate surface area is 116 Å². The molecule has 0 bridgehead atoms. The number of aromatic hydroxyl groups is 1. The number of nitrogens with one attached hydrogen (secondary N) is 2. The molecule has 3 N–H and O–H groups in total. The molecule has 0 aliphatic rings. The molecular weight excluding hydrogens is 259 g/mol. The van der Waals surface area contributed by atoms with Crippen LogP contribution in [0.1, 0.15) is 5.56 Å². The minimum atomic E-state index is -0.471. The Kier molecular flexibility index (Phi) is 4.68. The number of benzene rings is 2. The van der Waals surface area contributed by atoms with Gasteiger partial charge in [-0.15, -0.1) is 0 Å². The number of anilines is 1. The lowest BCUT2D eigenvalue weighted by molar-refractivity contribution is -0.115. The molecule has 0 fully saturated rings. The maximum atomic E-state index is 13.3. The molecule has 0 saturated carbocycles. The summed E-state index contributed by atoms with van der Waals surface area (Å²) in [6.07, 6.45) is 0. The zero-order chi connectivity index (χ0) is 14.4. The Morgan fingerprint density at radius 3 is 2.55 bits per heavy atom. The normalized spacial score (nSPS) is 10.2. The topological polar surface area (TPSA) is 61.4 Å². The molecule has 0 radical (unpaired) electrons. The highest BCUT2D eigenvalue weighted by atomic mass is 19.1. The average molecular weight is 274 g/mol. The highest BCUT2D eigenvalue weighted by Crippen LogP contribution is 2.15. The lowest BCUT2D eigenvalue weighted by atomic mass is 10.2. The first kappa shape index (κ1) is 14.0. The van der Waals surface area contributed by atoms with E-state index in [-0.39, 0.29) is 23.9 Å². The van der Waals surface area contributed by atoms with Gasteiger partial charge < -0.3 is 15.7 Å². The molecule has 0 saturated heterocycles. The number of para-hydroxylation sites is 2. The smallest absolute Gasteiger partial charge is 0.238 e. The van der Waals surface area contributed by atoms with Crippen molar-refractivity contribution < 1.29 is 14.3 Å². The van der Waals surface area contributed by atoms with Crippen LogP contribution in [0, 0.1) is 5.82 Å². The van der Waals surface area contributed by atoms with E-state index in [9.17, 15) is 14.3 Å². The highest BCUT2D eigenvalue weighted by molar-refractivity contribution is 5.92. The number of rotatable bonds is 5. The van der Waals surface area contributed by atoms with Crippen molar-refractivity contribution >= 4 is 11.6 Å². The molecule has 0 aromatic heterocycles. The first-order valence-corrected chi connectivity index (χ1v) is 6.19. The number of amides is 1. The van der Waals surface area contributed by atoms with E-state index in [1.807, 2.05) is 0 Å². The molecule has 1 amide bonds. The van der Waals surface area contributed by atoms with Gasteiger partial charge in [-0.2, -0.15) is 0 Å². The number of hydrogen-bond acceptors (Lipinski definition) is 3. The van der Waals surface area contributed by atoms with Crippen molar-refractivity contribution in [2.75, 3.05) is 11.9 Å². The molecule has 0 atom stereocenters. The lowest BCUT2D eigenvalue weighted by Gasteiger charge is -2.08. The molecule has 104 valence electrons. The third-order valence-electron chi connectivity index (χ3n) is 2.74. The molecule has 0 aliphatic carbocycles. The molecule has 5 heteroatoms. The van der Waals surface area contributed by atoms with Crippen molar-refractivity contribution in [2.24, 2.45) is 0 Å². The van der Waals surface area contributed by atoms with Crippen LogP contribution in [0.15, 0.2) is 48.5 Å². The van der Waals surface area contributed by atoms with Crippen LogP contribution in [-0.4, -0.2) is 17.6 Å². The van der Waals surface area contributed by atoms with Crippen LogP contribution in [-0.2, 0) is 11.3 Å². The maximum Gasteiger partial charge on any atom is 0.238 e. The fourth-order valence-electron chi connectivity index (χ4n) is 1.73. The molecular formula is C15H15FN2O2. The molecule has 0 heterocycles. The second-order valence-corrected chi connectivity index (χ2v) is 4.26. The molecule has 20 heavy (non-hydrogen) atoms. The summed E-state index contributed by atoms with van der Waals surface area (Å²) in [6.45, 7) is 0.389. The van der Waals surface area contributed by atoms with E-state index in [0.29, 0.717) is 12.1 Å². The van der Waals surface area contributed by atoms with Gasteiger partial charge in [-0.1, -0.05) is 30.3 Å². The fourth-order valence-corrected chi connectivity index (χ4v) is 1.73. The van der Waals surface area contributed by atoms with Gasteiger partial charge in [-0.05, 0) is 18.2 Å². The Morgan fingerprint density at radius 1 is 1.10 bits per heavy atom. The van der Waals surface area contributed by atoms with Crippen LogP contribution in [0.4, 0.5) is 10.1 Å². The zero-order valence-corrected chi connectivity index (χ0v) is 10.8.